The van der Waals surface area contributed by atoms with Crippen LogP contribution in [-0.2, 0) is 11.3 Å². The molecule has 1 atom stereocenters. The summed E-state index contributed by atoms with van der Waals surface area (Å²) in [5, 5.41) is 13.4. The quantitative estimate of drug-likeness (QED) is 0.422. The second-order valence-corrected chi connectivity index (χ2v) is 9.75. The molecule has 1 fully saturated rings. The van der Waals surface area contributed by atoms with Crippen molar-refractivity contribution in [3.8, 4) is 5.75 Å². The number of aromatic hydroxyl groups is 1. The van der Waals surface area contributed by atoms with Gasteiger partial charge in [-0.25, -0.2) is 0 Å². The summed E-state index contributed by atoms with van der Waals surface area (Å²) in [6, 6.07) is 9.17. The molecular formula is C23H23Cl2N3O4S. The number of fused-ring (bicyclic) bond motifs is 1. The molecule has 1 aliphatic rings. The lowest BCUT2D eigenvalue weighted by Crippen LogP contribution is -2.32. The number of nitrogens with one attached hydrogen (secondary N) is 1. The van der Waals surface area contributed by atoms with Crippen LogP contribution in [0.4, 0.5) is 5.00 Å². The van der Waals surface area contributed by atoms with E-state index in [1.54, 1.807) is 19.2 Å². The molecule has 7 nitrogen and oxygen atoms in total. The number of carbonyl (C=O) groups is 2. The predicted molar refractivity (Wildman–Crippen MR) is 132 cm³/mol. The van der Waals surface area contributed by atoms with E-state index in [1.807, 2.05) is 12.1 Å². The Labute approximate surface area is 205 Å². The van der Waals surface area contributed by atoms with E-state index in [9.17, 15) is 14.7 Å². The van der Waals surface area contributed by atoms with E-state index in [1.165, 1.54) is 6.07 Å². The molecule has 4 N–H and O–H groups in total. The van der Waals surface area contributed by atoms with E-state index in [2.05, 4.69) is 10.2 Å². The van der Waals surface area contributed by atoms with Crippen LogP contribution in [0.1, 0.15) is 39.1 Å². The summed E-state index contributed by atoms with van der Waals surface area (Å²) in [6.07, 6.45) is 2.28. The van der Waals surface area contributed by atoms with Gasteiger partial charge >= 0.3 is 0 Å². The summed E-state index contributed by atoms with van der Waals surface area (Å²) < 4.78 is 5.72. The number of primary amides is 1. The van der Waals surface area contributed by atoms with E-state index in [4.69, 9.17) is 33.7 Å². The largest absolute Gasteiger partial charge is 0.505 e. The summed E-state index contributed by atoms with van der Waals surface area (Å²) in [5.74, 6) is -1.41. The molecule has 33 heavy (non-hydrogen) atoms. The Morgan fingerprint density at radius 2 is 2.03 bits per heavy atom. The summed E-state index contributed by atoms with van der Waals surface area (Å²) in [6.45, 7) is 2.53. The van der Waals surface area contributed by atoms with Crippen LogP contribution in [-0.4, -0.2) is 48.1 Å². The molecule has 0 radical (unpaired) electrons. The van der Waals surface area contributed by atoms with Crippen LogP contribution in [0.3, 0.4) is 0 Å². The number of nitrogens with zero attached hydrogens (tertiary/aromatic N) is 1. The SMILES string of the molecule is COC[C@@H]1CCCN1Cc1ccc(C(=O)Nc2sc3c(Cl)c(O)c(Cl)cc3c2C(N)=O)cc1. The average molecular weight is 508 g/mol. The van der Waals surface area contributed by atoms with Gasteiger partial charge in [0, 0.05) is 30.6 Å². The number of halogens is 2. The molecule has 4 rings (SSSR count). The minimum Gasteiger partial charge on any atom is -0.505 e. The normalized spacial score (nSPS) is 16.4. The third kappa shape index (κ3) is 4.81. The van der Waals surface area contributed by atoms with Crippen molar-refractivity contribution in [2.24, 2.45) is 5.73 Å². The van der Waals surface area contributed by atoms with Gasteiger partial charge in [-0.3, -0.25) is 14.5 Å². The molecule has 1 aliphatic heterocycles. The highest BCUT2D eigenvalue weighted by Crippen LogP contribution is 2.46. The maximum atomic E-state index is 12.9. The Morgan fingerprint density at radius 1 is 1.30 bits per heavy atom. The van der Waals surface area contributed by atoms with Crippen molar-refractivity contribution in [1.82, 2.24) is 4.90 Å². The summed E-state index contributed by atoms with van der Waals surface area (Å²) >= 11 is 13.2. The highest BCUT2D eigenvalue weighted by molar-refractivity contribution is 7.24. The van der Waals surface area contributed by atoms with Gasteiger partial charge in [0.25, 0.3) is 11.8 Å². The lowest BCUT2D eigenvalue weighted by Gasteiger charge is -2.23. The fourth-order valence-electron chi connectivity index (χ4n) is 4.14. The molecule has 2 amide bonds. The van der Waals surface area contributed by atoms with E-state index in [-0.39, 0.29) is 32.3 Å². The van der Waals surface area contributed by atoms with E-state index in [0.29, 0.717) is 28.3 Å². The number of carbonyl (C=O) groups excluding carboxylic acids is 2. The first-order valence-corrected chi connectivity index (χ1v) is 11.9. The molecule has 10 heteroatoms. The Kier molecular flexibility index (Phi) is 7.11. The fraction of sp³-hybridized carbons (Fsp3) is 0.304. The Hall–Kier alpha value is -2.36. The smallest absolute Gasteiger partial charge is 0.256 e. The Morgan fingerprint density at radius 3 is 2.70 bits per heavy atom. The standard InChI is InChI=1S/C23H23Cl2N3O4S/c1-32-11-14-3-2-8-28(14)10-12-4-6-13(7-5-12)22(31)27-23-17(21(26)30)15-9-16(24)19(29)18(25)20(15)33-23/h4-7,9,14,29H,2-3,8,10-11H2,1H3,(H2,26,30)(H,27,31)/t14-/m0/s1. The highest BCUT2D eigenvalue weighted by Gasteiger charge is 2.25. The molecule has 3 aromatic rings. The monoisotopic (exact) mass is 507 g/mol. The number of benzene rings is 2. The van der Waals surface area contributed by atoms with Crippen molar-refractivity contribution in [2.75, 3.05) is 25.6 Å². The Bertz CT molecular complexity index is 1210. The number of ether oxygens (including phenoxy) is 1. The van der Waals surface area contributed by atoms with Gasteiger partial charge < -0.3 is 20.9 Å². The van der Waals surface area contributed by atoms with Crippen LogP contribution in [0.15, 0.2) is 30.3 Å². The number of hydrogen-bond donors (Lipinski definition) is 3. The molecule has 174 valence electrons. The first kappa shape index (κ1) is 23.8. The van der Waals surface area contributed by atoms with E-state index >= 15 is 0 Å². The van der Waals surface area contributed by atoms with Crippen LogP contribution < -0.4 is 11.1 Å². The Balaban J connectivity index is 1.54. The van der Waals surface area contributed by atoms with E-state index < -0.39 is 5.91 Å². The number of phenols is 1. The number of rotatable bonds is 7. The van der Waals surface area contributed by atoms with Crippen molar-refractivity contribution in [2.45, 2.75) is 25.4 Å². The number of anilines is 1. The van der Waals surface area contributed by atoms with Gasteiger partial charge in [0.1, 0.15) is 10.0 Å². The average Bonchev–Trinajstić information content (AvgIpc) is 3.37. The molecule has 2 heterocycles. The minimum absolute atomic E-state index is 0.00328. The van der Waals surface area contributed by atoms with Crippen LogP contribution in [0.25, 0.3) is 10.1 Å². The van der Waals surface area contributed by atoms with E-state index in [0.717, 1.165) is 42.8 Å². The van der Waals surface area contributed by atoms with Gasteiger partial charge in [-0.2, -0.15) is 0 Å². The maximum absolute atomic E-state index is 12.9. The molecule has 1 aromatic heterocycles. The number of hydrogen-bond acceptors (Lipinski definition) is 6. The van der Waals surface area contributed by atoms with Crippen LogP contribution >= 0.6 is 34.5 Å². The third-order valence-electron chi connectivity index (χ3n) is 5.78. The molecule has 1 saturated heterocycles. The minimum atomic E-state index is -0.735. The number of thiophene rings is 1. The zero-order valence-electron chi connectivity index (χ0n) is 17.9. The first-order chi connectivity index (χ1) is 15.8. The summed E-state index contributed by atoms with van der Waals surface area (Å²) in [5.41, 5.74) is 7.20. The third-order valence-corrected chi connectivity index (χ3v) is 7.69. The van der Waals surface area contributed by atoms with Crippen molar-refractivity contribution in [1.29, 1.82) is 0 Å². The van der Waals surface area contributed by atoms with Crippen molar-refractivity contribution >= 4 is 61.4 Å². The molecular weight excluding hydrogens is 485 g/mol. The van der Waals surface area contributed by atoms with Crippen molar-refractivity contribution < 1.29 is 19.4 Å². The molecule has 0 saturated carbocycles. The summed E-state index contributed by atoms with van der Waals surface area (Å²) in [4.78, 5) is 27.4. The first-order valence-electron chi connectivity index (χ1n) is 10.4. The fourth-order valence-corrected chi connectivity index (χ4v) is 5.83. The number of likely N-dealkylation sites (tertiary alicyclic amines) is 1. The van der Waals surface area contributed by atoms with Gasteiger partial charge in [-0.1, -0.05) is 35.3 Å². The van der Waals surface area contributed by atoms with Gasteiger partial charge in [-0.05, 0) is 43.1 Å². The molecule has 0 unspecified atom stereocenters. The lowest BCUT2D eigenvalue weighted by atomic mass is 10.1. The van der Waals surface area contributed by atoms with Gasteiger partial charge in [0.15, 0.2) is 5.75 Å². The zero-order valence-corrected chi connectivity index (χ0v) is 20.2. The number of methoxy groups -OCH3 is 1. The molecule has 0 bridgehead atoms. The van der Waals surface area contributed by atoms with Gasteiger partial charge in [0.2, 0.25) is 0 Å². The predicted octanol–water partition coefficient (Wildman–Crippen LogP) is 4.88. The van der Waals surface area contributed by atoms with Gasteiger partial charge in [0.05, 0.1) is 21.9 Å². The molecule has 0 aliphatic carbocycles. The van der Waals surface area contributed by atoms with Crippen LogP contribution in [0, 0.1) is 0 Å². The summed E-state index contributed by atoms with van der Waals surface area (Å²) in [7, 11) is 1.72. The van der Waals surface area contributed by atoms with Crippen LogP contribution in [0.5, 0.6) is 5.75 Å². The van der Waals surface area contributed by atoms with Gasteiger partial charge in [-0.15, -0.1) is 11.3 Å². The number of nitrogens with two attached hydrogens (primary N) is 1. The lowest BCUT2D eigenvalue weighted by molar-refractivity contribution is 0.100. The van der Waals surface area contributed by atoms with Crippen molar-refractivity contribution in [3.63, 3.8) is 0 Å². The number of amides is 2. The maximum Gasteiger partial charge on any atom is 0.256 e. The molecule has 0 spiro atoms. The topological polar surface area (TPSA) is 105 Å². The van der Waals surface area contributed by atoms with Crippen LogP contribution in [0.2, 0.25) is 10.0 Å². The number of phenolic OH excluding ortho intramolecular Hbond substituents is 1. The second-order valence-electron chi connectivity index (χ2n) is 7.94. The second kappa shape index (κ2) is 9.87. The zero-order chi connectivity index (χ0) is 23.7. The van der Waals surface area contributed by atoms with Crippen molar-refractivity contribution in [3.05, 3.63) is 57.1 Å². The highest BCUT2D eigenvalue weighted by atomic mass is 35.5. The molecule has 2 aromatic carbocycles.